The number of rotatable bonds is 6. The molecule has 128 valence electrons. The van der Waals surface area contributed by atoms with Gasteiger partial charge in [0.1, 0.15) is 18.0 Å². The third-order valence-electron chi connectivity index (χ3n) is 5.36. The predicted octanol–water partition coefficient (Wildman–Crippen LogP) is 2.63. The van der Waals surface area contributed by atoms with Gasteiger partial charge in [-0.2, -0.15) is 0 Å². The molecule has 3 N–H and O–H groups in total. The topological polar surface area (TPSA) is 61.7 Å². The van der Waals surface area contributed by atoms with E-state index < -0.39 is 11.7 Å². The Bertz CT molecular complexity index is 473. The zero-order valence-corrected chi connectivity index (χ0v) is 13.8. The summed E-state index contributed by atoms with van der Waals surface area (Å²) in [6, 6.07) is 9.77. The highest BCUT2D eigenvalue weighted by molar-refractivity contribution is 5.21. The maximum absolute atomic E-state index is 10.6. The van der Waals surface area contributed by atoms with E-state index in [1.54, 1.807) is 0 Å². The van der Waals surface area contributed by atoms with E-state index in [9.17, 15) is 10.2 Å². The van der Waals surface area contributed by atoms with Crippen molar-refractivity contribution in [3.63, 3.8) is 0 Å². The first-order valence-corrected chi connectivity index (χ1v) is 9.02. The number of ether oxygens (including phenoxy) is 1. The van der Waals surface area contributed by atoms with Crippen molar-refractivity contribution >= 4 is 0 Å². The number of nitrogens with one attached hydrogen (secondary N) is 1. The van der Waals surface area contributed by atoms with Gasteiger partial charge < -0.3 is 20.3 Å². The monoisotopic (exact) mass is 319 g/mol. The summed E-state index contributed by atoms with van der Waals surface area (Å²) >= 11 is 0. The second kappa shape index (κ2) is 7.65. The molecule has 0 heterocycles. The predicted molar refractivity (Wildman–Crippen MR) is 90.5 cm³/mol. The summed E-state index contributed by atoms with van der Waals surface area (Å²) in [5.41, 5.74) is -0.480. The smallest absolute Gasteiger partial charge is 0.126 e. The molecule has 0 spiro atoms. The summed E-state index contributed by atoms with van der Waals surface area (Å²) in [5, 5.41) is 24.5. The molecule has 0 saturated heterocycles. The Morgan fingerprint density at radius 2 is 1.83 bits per heavy atom. The Kier molecular flexibility index (Phi) is 5.57. The van der Waals surface area contributed by atoms with Crippen molar-refractivity contribution in [3.05, 3.63) is 30.3 Å². The van der Waals surface area contributed by atoms with Crippen molar-refractivity contribution in [1.29, 1.82) is 0 Å². The molecule has 23 heavy (non-hydrogen) atoms. The Labute approximate surface area is 138 Å². The SMILES string of the molecule is O[C@@H]1[C@@H](NCCC2(O)CCCC2)CCC[C@H]1Oc1ccccc1. The van der Waals surface area contributed by atoms with Crippen molar-refractivity contribution in [2.24, 2.45) is 0 Å². The standard InChI is InChI=1S/C19H29NO3/c21-18-16(20-14-13-19(22)11-4-5-12-19)9-6-10-17(18)23-15-7-2-1-3-8-15/h1-3,7-8,16-18,20-22H,4-6,9-14H2/t16-,17+,18+/m0/s1. The lowest BCUT2D eigenvalue weighted by molar-refractivity contribution is -0.0183. The van der Waals surface area contributed by atoms with Crippen LogP contribution >= 0.6 is 0 Å². The van der Waals surface area contributed by atoms with E-state index in [2.05, 4.69) is 5.32 Å². The molecule has 0 amide bonds. The maximum Gasteiger partial charge on any atom is 0.126 e. The fourth-order valence-corrected chi connectivity index (χ4v) is 3.94. The number of aliphatic hydroxyl groups excluding tert-OH is 1. The molecule has 0 unspecified atom stereocenters. The van der Waals surface area contributed by atoms with Crippen molar-refractivity contribution in [3.8, 4) is 5.75 Å². The van der Waals surface area contributed by atoms with E-state index in [0.717, 1.165) is 63.7 Å². The molecule has 0 bridgehead atoms. The van der Waals surface area contributed by atoms with Crippen molar-refractivity contribution in [2.75, 3.05) is 6.54 Å². The highest BCUT2D eigenvalue weighted by atomic mass is 16.5. The molecule has 0 aliphatic heterocycles. The molecule has 0 radical (unpaired) electrons. The summed E-state index contributed by atoms with van der Waals surface area (Å²) in [6.45, 7) is 0.760. The van der Waals surface area contributed by atoms with Gasteiger partial charge in [-0.1, -0.05) is 31.0 Å². The lowest BCUT2D eigenvalue weighted by Crippen LogP contribution is -2.52. The van der Waals surface area contributed by atoms with Crippen LogP contribution in [0.15, 0.2) is 30.3 Å². The summed E-state index contributed by atoms with van der Waals surface area (Å²) in [6.07, 6.45) is 7.14. The number of para-hydroxylation sites is 1. The fourth-order valence-electron chi connectivity index (χ4n) is 3.94. The van der Waals surface area contributed by atoms with Crippen LogP contribution in [-0.2, 0) is 0 Å². The molecule has 2 aliphatic rings. The molecule has 0 aromatic heterocycles. The lowest BCUT2D eigenvalue weighted by atomic mass is 9.89. The largest absolute Gasteiger partial charge is 0.488 e. The van der Waals surface area contributed by atoms with Crippen LogP contribution in [0.4, 0.5) is 0 Å². The van der Waals surface area contributed by atoms with Crippen LogP contribution in [0.25, 0.3) is 0 Å². The molecule has 2 fully saturated rings. The van der Waals surface area contributed by atoms with E-state index >= 15 is 0 Å². The molecular formula is C19H29NO3. The Hall–Kier alpha value is -1.10. The first-order valence-electron chi connectivity index (χ1n) is 9.02. The van der Waals surface area contributed by atoms with Crippen molar-refractivity contribution in [1.82, 2.24) is 5.32 Å². The van der Waals surface area contributed by atoms with Crippen LogP contribution in [0, 0.1) is 0 Å². The molecule has 4 nitrogen and oxygen atoms in total. The molecular weight excluding hydrogens is 290 g/mol. The minimum absolute atomic E-state index is 0.0578. The summed E-state index contributed by atoms with van der Waals surface area (Å²) in [7, 11) is 0. The highest BCUT2D eigenvalue weighted by Crippen LogP contribution is 2.32. The van der Waals surface area contributed by atoms with Gasteiger partial charge in [-0.15, -0.1) is 0 Å². The lowest BCUT2D eigenvalue weighted by Gasteiger charge is -2.36. The maximum atomic E-state index is 10.6. The molecule has 1 aromatic rings. The number of hydrogen-bond acceptors (Lipinski definition) is 4. The zero-order chi connectivity index (χ0) is 16.1. The molecule has 2 aliphatic carbocycles. The van der Waals surface area contributed by atoms with Crippen molar-refractivity contribution in [2.45, 2.75) is 75.2 Å². The van der Waals surface area contributed by atoms with Gasteiger partial charge in [-0.25, -0.2) is 0 Å². The third-order valence-corrected chi connectivity index (χ3v) is 5.36. The third kappa shape index (κ3) is 4.46. The van der Waals surface area contributed by atoms with Gasteiger partial charge in [0.2, 0.25) is 0 Å². The first-order chi connectivity index (χ1) is 11.2. The summed E-state index contributed by atoms with van der Waals surface area (Å²) in [4.78, 5) is 0. The van der Waals surface area contributed by atoms with Gasteiger partial charge in [0, 0.05) is 6.04 Å². The van der Waals surface area contributed by atoms with Gasteiger partial charge >= 0.3 is 0 Å². The highest BCUT2D eigenvalue weighted by Gasteiger charge is 2.34. The van der Waals surface area contributed by atoms with Gasteiger partial charge in [0.25, 0.3) is 0 Å². The van der Waals surface area contributed by atoms with E-state index in [4.69, 9.17) is 4.74 Å². The number of benzene rings is 1. The van der Waals surface area contributed by atoms with E-state index in [-0.39, 0.29) is 12.1 Å². The summed E-state index contributed by atoms with van der Waals surface area (Å²) in [5.74, 6) is 0.817. The number of hydrogen-bond donors (Lipinski definition) is 3. The van der Waals surface area contributed by atoms with Crippen LogP contribution in [0.3, 0.4) is 0 Å². The fraction of sp³-hybridized carbons (Fsp3) is 0.684. The van der Waals surface area contributed by atoms with Gasteiger partial charge in [0.15, 0.2) is 0 Å². The average Bonchev–Trinajstić information content (AvgIpc) is 2.99. The molecule has 3 atom stereocenters. The van der Waals surface area contributed by atoms with Crippen LogP contribution < -0.4 is 10.1 Å². The minimum Gasteiger partial charge on any atom is -0.488 e. The Balaban J connectivity index is 1.48. The van der Waals surface area contributed by atoms with E-state index in [0.29, 0.717) is 0 Å². The van der Waals surface area contributed by atoms with Gasteiger partial charge in [0.05, 0.1) is 5.60 Å². The van der Waals surface area contributed by atoms with Crippen LogP contribution in [0.2, 0.25) is 0 Å². The second-order valence-electron chi connectivity index (χ2n) is 7.13. The molecule has 1 aromatic carbocycles. The second-order valence-corrected chi connectivity index (χ2v) is 7.13. The minimum atomic E-state index is -0.498. The normalized spacial score (nSPS) is 30.3. The quantitative estimate of drug-likeness (QED) is 0.754. The number of aliphatic hydroxyl groups is 2. The van der Waals surface area contributed by atoms with Crippen LogP contribution in [0.5, 0.6) is 5.75 Å². The van der Waals surface area contributed by atoms with Crippen LogP contribution in [-0.4, -0.2) is 40.6 Å². The van der Waals surface area contributed by atoms with E-state index in [1.807, 2.05) is 30.3 Å². The first kappa shape index (κ1) is 16.7. The zero-order valence-electron chi connectivity index (χ0n) is 13.8. The Morgan fingerprint density at radius 3 is 2.57 bits per heavy atom. The van der Waals surface area contributed by atoms with Crippen molar-refractivity contribution < 1.29 is 14.9 Å². The van der Waals surface area contributed by atoms with Gasteiger partial charge in [-0.05, 0) is 57.2 Å². The Morgan fingerprint density at radius 1 is 1.09 bits per heavy atom. The molecule has 3 rings (SSSR count). The van der Waals surface area contributed by atoms with Crippen LogP contribution in [0.1, 0.15) is 51.4 Å². The average molecular weight is 319 g/mol. The molecule has 4 heteroatoms. The van der Waals surface area contributed by atoms with E-state index in [1.165, 1.54) is 0 Å². The molecule has 2 saturated carbocycles. The van der Waals surface area contributed by atoms with Gasteiger partial charge in [-0.3, -0.25) is 0 Å². The summed E-state index contributed by atoms with van der Waals surface area (Å²) < 4.78 is 5.96.